The molecule has 0 fully saturated rings. The Bertz CT molecular complexity index is 938. The number of ether oxygens (including phenoxy) is 4. The van der Waals surface area contributed by atoms with Gasteiger partial charge in [-0.25, -0.2) is 4.79 Å². The van der Waals surface area contributed by atoms with Gasteiger partial charge < -0.3 is 24.3 Å². The maximum atomic E-state index is 12.6. The number of carbonyl (C=O) groups is 2. The van der Waals surface area contributed by atoms with Gasteiger partial charge in [0, 0.05) is 13.7 Å². The van der Waals surface area contributed by atoms with Crippen LogP contribution >= 0.6 is 0 Å². The monoisotopic (exact) mass is 410 g/mol. The minimum absolute atomic E-state index is 0.0467. The quantitative estimate of drug-likeness (QED) is 0.223. The van der Waals surface area contributed by atoms with Crippen molar-refractivity contribution in [3.8, 4) is 23.3 Å². The van der Waals surface area contributed by atoms with Crippen molar-refractivity contribution in [1.82, 2.24) is 5.32 Å². The van der Waals surface area contributed by atoms with Crippen LogP contribution in [0.15, 0.2) is 48.0 Å². The summed E-state index contributed by atoms with van der Waals surface area (Å²) in [7, 11) is 4.42. The van der Waals surface area contributed by atoms with Crippen LogP contribution in [0, 0.1) is 11.3 Å². The summed E-state index contributed by atoms with van der Waals surface area (Å²) in [5, 5.41) is 11.8. The van der Waals surface area contributed by atoms with Crippen LogP contribution in [0.4, 0.5) is 0 Å². The molecular weight excluding hydrogens is 388 g/mol. The number of nitriles is 1. The number of esters is 1. The maximum absolute atomic E-state index is 12.6. The van der Waals surface area contributed by atoms with Crippen molar-refractivity contribution in [2.75, 3.05) is 34.5 Å². The molecule has 0 radical (unpaired) electrons. The van der Waals surface area contributed by atoms with Gasteiger partial charge in [0.15, 0.2) is 0 Å². The number of carbonyl (C=O) groups excluding carboxylic acids is 2. The van der Waals surface area contributed by atoms with Crippen LogP contribution in [-0.4, -0.2) is 46.4 Å². The summed E-state index contributed by atoms with van der Waals surface area (Å²) in [6.07, 6.45) is 1.44. The molecule has 0 spiro atoms. The lowest BCUT2D eigenvalue weighted by Gasteiger charge is -2.12. The second kappa shape index (κ2) is 11.2. The molecule has 0 bridgehead atoms. The minimum Gasteiger partial charge on any atom is -0.496 e. The summed E-state index contributed by atoms with van der Waals surface area (Å²) in [4.78, 5) is 24.6. The highest BCUT2D eigenvalue weighted by Gasteiger charge is 2.20. The molecule has 0 aliphatic carbocycles. The van der Waals surface area contributed by atoms with Gasteiger partial charge in [0.2, 0.25) is 0 Å². The van der Waals surface area contributed by atoms with E-state index in [0.29, 0.717) is 30.2 Å². The van der Waals surface area contributed by atoms with Crippen molar-refractivity contribution in [1.29, 1.82) is 5.26 Å². The third kappa shape index (κ3) is 5.83. The van der Waals surface area contributed by atoms with Gasteiger partial charge in [-0.2, -0.15) is 5.26 Å². The van der Waals surface area contributed by atoms with Gasteiger partial charge in [0.25, 0.3) is 5.91 Å². The molecule has 1 N–H and O–H groups in total. The average Bonchev–Trinajstić information content (AvgIpc) is 2.77. The van der Waals surface area contributed by atoms with Crippen molar-refractivity contribution in [3.05, 3.63) is 59.2 Å². The van der Waals surface area contributed by atoms with Crippen molar-refractivity contribution >= 4 is 18.0 Å². The molecule has 1 amide bonds. The van der Waals surface area contributed by atoms with E-state index in [4.69, 9.17) is 18.9 Å². The molecule has 0 unspecified atom stereocenters. The minimum atomic E-state index is -0.636. The van der Waals surface area contributed by atoms with Gasteiger partial charge in [0.1, 0.15) is 34.5 Å². The zero-order chi connectivity index (χ0) is 21.9. The van der Waals surface area contributed by atoms with Gasteiger partial charge in [-0.3, -0.25) is 4.79 Å². The molecule has 0 saturated carbocycles. The molecule has 0 aromatic heterocycles. The van der Waals surface area contributed by atoms with E-state index in [0.717, 1.165) is 0 Å². The second-order valence-corrected chi connectivity index (χ2v) is 5.91. The molecule has 8 nitrogen and oxygen atoms in total. The number of amides is 1. The van der Waals surface area contributed by atoms with E-state index in [2.05, 4.69) is 5.32 Å². The van der Waals surface area contributed by atoms with Crippen LogP contribution in [0.2, 0.25) is 0 Å². The number of methoxy groups -OCH3 is 3. The van der Waals surface area contributed by atoms with E-state index in [1.54, 1.807) is 42.5 Å². The topological polar surface area (TPSA) is 107 Å². The fourth-order valence-electron chi connectivity index (χ4n) is 2.52. The van der Waals surface area contributed by atoms with E-state index in [-0.39, 0.29) is 16.9 Å². The van der Waals surface area contributed by atoms with Crippen LogP contribution in [0.1, 0.15) is 15.9 Å². The number of hydrogen-bond acceptors (Lipinski definition) is 7. The average molecular weight is 410 g/mol. The molecule has 30 heavy (non-hydrogen) atoms. The van der Waals surface area contributed by atoms with Gasteiger partial charge in [-0.15, -0.1) is 0 Å². The van der Waals surface area contributed by atoms with E-state index < -0.39 is 11.9 Å². The lowest BCUT2D eigenvalue weighted by molar-refractivity contribution is -0.117. The summed E-state index contributed by atoms with van der Waals surface area (Å²) >= 11 is 0. The summed E-state index contributed by atoms with van der Waals surface area (Å²) in [6.45, 7) is 0.650. The van der Waals surface area contributed by atoms with Crippen molar-refractivity contribution < 1.29 is 28.5 Å². The van der Waals surface area contributed by atoms with Crippen LogP contribution in [0.25, 0.3) is 6.08 Å². The molecular formula is C22H22N2O6. The molecule has 2 rings (SSSR count). The Labute approximate surface area is 174 Å². The number of nitrogens with one attached hydrogen (secondary N) is 1. The molecule has 0 atom stereocenters. The SMILES string of the molecule is COCCNC(=O)/C(C#N)=C/c1ccc(OC(=O)c2c(OC)cccc2OC)cc1. The highest BCUT2D eigenvalue weighted by Crippen LogP contribution is 2.29. The van der Waals surface area contributed by atoms with Gasteiger partial charge in [-0.05, 0) is 35.9 Å². The third-order valence-electron chi connectivity index (χ3n) is 3.99. The second-order valence-electron chi connectivity index (χ2n) is 5.91. The van der Waals surface area contributed by atoms with Gasteiger partial charge >= 0.3 is 5.97 Å². The summed E-state index contributed by atoms with van der Waals surface area (Å²) in [5.41, 5.74) is 0.726. The van der Waals surface area contributed by atoms with Crippen LogP contribution in [0.5, 0.6) is 17.2 Å². The summed E-state index contributed by atoms with van der Waals surface area (Å²) in [6, 6.07) is 13.2. The summed E-state index contributed by atoms with van der Waals surface area (Å²) in [5.74, 6) is -0.182. The first-order valence-corrected chi connectivity index (χ1v) is 8.96. The van der Waals surface area contributed by atoms with Crippen molar-refractivity contribution in [3.63, 3.8) is 0 Å². The third-order valence-corrected chi connectivity index (χ3v) is 3.99. The Morgan fingerprint density at radius 1 is 1.03 bits per heavy atom. The van der Waals surface area contributed by atoms with E-state index in [9.17, 15) is 14.9 Å². The molecule has 156 valence electrons. The summed E-state index contributed by atoms with van der Waals surface area (Å²) < 4.78 is 20.7. The maximum Gasteiger partial charge on any atom is 0.351 e. The van der Waals surface area contributed by atoms with Crippen LogP contribution < -0.4 is 19.5 Å². The lowest BCUT2D eigenvalue weighted by Crippen LogP contribution is -2.27. The van der Waals surface area contributed by atoms with Gasteiger partial charge in [0.05, 0.1) is 20.8 Å². The number of nitrogens with zero attached hydrogens (tertiary/aromatic N) is 1. The Morgan fingerprint density at radius 2 is 1.67 bits per heavy atom. The Balaban J connectivity index is 2.14. The fourth-order valence-corrected chi connectivity index (χ4v) is 2.52. The van der Waals surface area contributed by atoms with Crippen molar-refractivity contribution in [2.24, 2.45) is 0 Å². The van der Waals surface area contributed by atoms with Crippen LogP contribution in [0.3, 0.4) is 0 Å². The number of hydrogen-bond donors (Lipinski definition) is 1. The molecule has 8 heteroatoms. The standard InChI is InChI=1S/C22H22N2O6/c1-27-12-11-24-21(25)16(14-23)13-15-7-9-17(10-8-15)30-22(26)20-18(28-2)5-4-6-19(20)29-3/h4-10,13H,11-12H2,1-3H3,(H,24,25)/b16-13+. The zero-order valence-corrected chi connectivity index (χ0v) is 16.9. The lowest BCUT2D eigenvalue weighted by atomic mass is 10.1. The van der Waals surface area contributed by atoms with Crippen LogP contribution in [-0.2, 0) is 9.53 Å². The number of benzene rings is 2. The number of rotatable bonds is 9. The largest absolute Gasteiger partial charge is 0.496 e. The van der Waals surface area contributed by atoms with E-state index >= 15 is 0 Å². The molecule has 2 aromatic carbocycles. The highest BCUT2D eigenvalue weighted by molar-refractivity contribution is 6.01. The zero-order valence-electron chi connectivity index (χ0n) is 16.9. The van der Waals surface area contributed by atoms with E-state index in [1.165, 1.54) is 27.4 Å². The Kier molecular flexibility index (Phi) is 8.41. The van der Waals surface area contributed by atoms with Gasteiger partial charge in [-0.1, -0.05) is 18.2 Å². The molecule has 0 aliphatic heterocycles. The molecule has 0 heterocycles. The predicted molar refractivity (Wildman–Crippen MR) is 109 cm³/mol. The first-order chi connectivity index (χ1) is 14.5. The first kappa shape index (κ1) is 22.5. The van der Waals surface area contributed by atoms with E-state index in [1.807, 2.05) is 6.07 Å². The smallest absolute Gasteiger partial charge is 0.351 e. The van der Waals surface area contributed by atoms with Crippen molar-refractivity contribution in [2.45, 2.75) is 0 Å². The first-order valence-electron chi connectivity index (χ1n) is 8.96. The Morgan fingerprint density at radius 3 is 2.20 bits per heavy atom. The molecule has 2 aromatic rings. The molecule has 0 aliphatic rings. The predicted octanol–water partition coefficient (Wildman–Crippen LogP) is 2.59. The molecule has 0 saturated heterocycles. The fraction of sp³-hybridized carbons (Fsp3) is 0.227. The normalized spacial score (nSPS) is 10.7. The highest BCUT2D eigenvalue weighted by atomic mass is 16.5. The Hall–Kier alpha value is -3.83.